The van der Waals surface area contributed by atoms with Gasteiger partial charge in [0.05, 0.1) is 0 Å². The van der Waals surface area contributed by atoms with Gasteiger partial charge in [0.15, 0.2) is 0 Å². The molecule has 1 N–H and O–H groups in total. The molecule has 0 fully saturated rings. The maximum atomic E-state index is 14.3. The van der Waals surface area contributed by atoms with E-state index in [2.05, 4.69) is 23.5 Å². The molecule has 0 atom stereocenters. The Labute approximate surface area is 119 Å². The molecule has 104 valence electrons. The van der Waals surface area contributed by atoms with Crippen molar-refractivity contribution in [3.05, 3.63) is 58.9 Å². The first kappa shape index (κ1) is 13.3. The molecule has 0 radical (unpaired) electrons. The van der Waals surface area contributed by atoms with Gasteiger partial charge in [0.2, 0.25) is 0 Å². The molecule has 0 spiro atoms. The zero-order valence-corrected chi connectivity index (χ0v) is 11.9. The number of rotatable bonds is 3. The molecule has 3 rings (SSSR count). The molecular weight excluding hydrogens is 249 g/mol. The van der Waals surface area contributed by atoms with Gasteiger partial charge in [-0.05, 0) is 61.1 Å². The minimum Gasteiger partial charge on any atom is -0.316 e. The normalized spacial score (nSPS) is 14.1. The highest BCUT2D eigenvalue weighted by molar-refractivity contribution is 5.66. The number of hydrogen-bond donors (Lipinski definition) is 1. The van der Waals surface area contributed by atoms with Crippen molar-refractivity contribution < 1.29 is 4.39 Å². The summed E-state index contributed by atoms with van der Waals surface area (Å²) in [7, 11) is 1.87. The molecule has 2 aromatic rings. The lowest BCUT2D eigenvalue weighted by atomic mass is 9.89. The van der Waals surface area contributed by atoms with Gasteiger partial charge < -0.3 is 5.32 Å². The predicted octanol–water partition coefficient (Wildman–Crippen LogP) is 4.09. The van der Waals surface area contributed by atoms with E-state index in [0.717, 1.165) is 17.5 Å². The molecular formula is C18H20FN. The molecule has 0 saturated carbocycles. The van der Waals surface area contributed by atoms with E-state index in [9.17, 15) is 4.39 Å². The molecule has 0 amide bonds. The average molecular weight is 269 g/mol. The molecule has 0 bridgehead atoms. The number of aryl methyl sites for hydroxylation is 2. The van der Waals surface area contributed by atoms with E-state index in [0.29, 0.717) is 12.1 Å². The van der Waals surface area contributed by atoms with E-state index >= 15 is 0 Å². The van der Waals surface area contributed by atoms with Crippen LogP contribution in [-0.4, -0.2) is 7.05 Å². The van der Waals surface area contributed by atoms with Crippen molar-refractivity contribution in [3.8, 4) is 11.1 Å². The van der Waals surface area contributed by atoms with Gasteiger partial charge in [0.1, 0.15) is 5.82 Å². The quantitative estimate of drug-likeness (QED) is 0.885. The van der Waals surface area contributed by atoms with Gasteiger partial charge in [-0.15, -0.1) is 0 Å². The summed E-state index contributed by atoms with van der Waals surface area (Å²) in [5.41, 5.74) is 5.52. The molecule has 2 heteroatoms. The Morgan fingerprint density at radius 1 is 1.00 bits per heavy atom. The molecule has 0 unspecified atom stereocenters. The predicted molar refractivity (Wildman–Crippen MR) is 81.2 cm³/mol. The highest BCUT2D eigenvalue weighted by Crippen LogP contribution is 2.29. The van der Waals surface area contributed by atoms with Crippen LogP contribution in [0.2, 0.25) is 0 Å². The third-order valence-corrected chi connectivity index (χ3v) is 4.07. The Morgan fingerprint density at radius 2 is 1.80 bits per heavy atom. The van der Waals surface area contributed by atoms with Crippen LogP contribution < -0.4 is 5.32 Å². The van der Waals surface area contributed by atoms with Crippen molar-refractivity contribution in [1.82, 2.24) is 5.32 Å². The monoisotopic (exact) mass is 269 g/mol. The zero-order valence-electron chi connectivity index (χ0n) is 11.9. The molecule has 1 nitrogen and oxygen atoms in total. The Bertz CT molecular complexity index is 619. The van der Waals surface area contributed by atoms with Crippen LogP contribution in [-0.2, 0) is 19.4 Å². The van der Waals surface area contributed by atoms with Crippen LogP contribution in [0.25, 0.3) is 11.1 Å². The van der Waals surface area contributed by atoms with Crippen molar-refractivity contribution >= 4 is 0 Å². The van der Waals surface area contributed by atoms with Crippen LogP contribution in [0.15, 0.2) is 36.4 Å². The van der Waals surface area contributed by atoms with Crippen LogP contribution in [0.3, 0.4) is 0 Å². The lowest BCUT2D eigenvalue weighted by Crippen LogP contribution is -2.05. The van der Waals surface area contributed by atoms with Gasteiger partial charge >= 0.3 is 0 Å². The van der Waals surface area contributed by atoms with Crippen molar-refractivity contribution in [2.24, 2.45) is 0 Å². The van der Waals surface area contributed by atoms with Gasteiger partial charge in [0, 0.05) is 12.1 Å². The van der Waals surface area contributed by atoms with Gasteiger partial charge in [-0.2, -0.15) is 0 Å². The summed E-state index contributed by atoms with van der Waals surface area (Å²) in [5, 5.41) is 3.04. The lowest BCUT2D eigenvalue weighted by molar-refractivity contribution is 0.627. The molecule has 0 aromatic heterocycles. The number of halogens is 1. The Balaban J connectivity index is 1.96. The van der Waals surface area contributed by atoms with Gasteiger partial charge in [-0.25, -0.2) is 4.39 Å². The smallest absolute Gasteiger partial charge is 0.131 e. The molecule has 2 aromatic carbocycles. The van der Waals surface area contributed by atoms with Crippen LogP contribution in [0.5, 0.6) is 0 Å². The second kappa shape index (κ2) is 5.76. The summed E-state index contributed by atoms with van der Waals surface area (Å²) < 4.78 is 14.3. The fourth-order valence-electron chi connectivity index (χ4n) is 3.01. The van der Waals surface area contributed by atoms with Crippen molar-refractivity contribution in [3.63, 3.8) is 0 Å². The maximum Gasteiger partial charge on any atom is 0.131 e. The molecule has 20 heavy (non-hydrogen) atoms. The Hall–Kier alpha value is -1.67. The lowest BCUT2D eigenvalue weighted by Gasteiger charge is -2.17. The van der Waals surface area contributed by atoms with Crippen LogP contribution >= 0.6 is 0 Å². The first-order chi connectivity index (χ1) is 9.78. The second-order valence-electron chi connectivity index (χ2n) is 5.54. The average Bonchev–Trinajstić information content (AvgIpc) is 2.47. The molecule has 0 saturated heterocycles. The number of fused-ring (bicyclic) bond motifs is 1. The highest BCUT2D eigenvalue weighted by Gasteiger charge is 2.12. The minimum atomic E-state index is -0.131. The Morgan fingerprint density at radius 3 is 2.55 bits per heavy atom. The van der Waals surface area contributed by atoms with E-state index in [-0.39, 0.29) is 5.82 Å². The fourth-order valence-corrected chi connectivity index (χ4v) is 3.01. The Kier molecular flexibility index (Phi) is 3.83. The van der Waals surface area contributed by atoms with E-state index < -0.39 is 0 Å². The summed E-state index contributed by atoms with van der Waals surface area (Å²) in [6.45, 7) is 0.696. The second-order valence-corrected chi connectivity index (χ2v) is 5.54. The largest absolute Gasteiger partial charge is 0.316 e. The summed E-state index contributed by atoms with van der Waals surface area (Å²) in [6, 6.07) is 11.9. The van der Waals surface area contributed by atoms with E-state index in [1.165, 1.54) is 30.4 Å². The zero-order chi connectivity index (χ0) is 13.9. The summed E-state index contributed by atoms with van der Waals surface area (Å²) >= 11 is 0. The molecule has 1 aliphatic carbocycles. The van der Waals surface area contributed by atoms with Gasteiger partial charge in [-0.3, -0.25) is 0 Å². The van der Waals surface area contributed by atoms with Crippen LogP contribution in [0.1, 0.15) is 29.5 Å². The number of hydrogen-bond acceptors (Lipinski definition) is 1. The summed E-state index contributed by atoms with van der Waals surface area (Å²) in [5.74, 6) is -0.131. The summed E-state index contributed by atoms with van der Waals surface area (Å²) in [6.07, 6.45) is 4.82. The van der Waals surface area contributed by atoms with Crippen molar-refractivity contribution in [2.45, 2.75) is 32.2 Å². The van der Waals surface area contributed by atoms with Crippen molar-refractivity contribution in [2.75, 3.05) is 7.05 Å². The third kappa shape index (κ3) is 2.61. The minimum absolute atomic E-state index is 0.131. The first-order valence-corrected chi connectivity index (χ1v) is 7.33. The van der Waals surface area contributed by atoms with Gasteiger partial charge in [0.25, 0.3) is 0 Å². The molecule has 1 aliphatic rings. The molecule has 0 aliphatic heterocycles. The van der Waals surface area contributed by atoms with E-state index in [4.69, 9.17) is 0 Å². The highest BCUT2D eigenvalue weighted by atomic mass is 19.1. The van der Waals surface area contributed by atoms with E-state index in [1.807, 2.05) is 19.2 Å². The molecule has 0 heterocycles. The standard InChI is InChI=1S/C18H20FN/c1-20-12-13-6-9-17(18(19)10-13)16-8-7-14-4-2-3-5-15(14)11-16/h6-11,20H,2-5,12H2,1H3. The topological polar surface area (TPSA) is 12.0 Å². The third-order valence-electron chi connectivity index (χ3n) is 4.07. The van der Waals surface area contributed by atoms with Crippen LogP contribution in [0.4, 0.5) is 4.39 Å². The van der Waals surface area contributed by atoms with Crippen LogP contribution in [0, 0.1) is 5.82 Å². The number of benzene rings is 2. The maximum absolute atomic E-state index is 14.3. The summed E-state index contributed by atoms with van der Waals surface area (Å²) in [4.78, 5) is 0. The van der Waals surface area contributed by atoms with Gasteiger partial charge in [-0.1, -0.05) is 30.3 Å². The van der Waals surface area contributed by atoms with Crippen molar-refractivity contribution in [1.29, 1.82) is 0 Å². The first-order valence-electron chi connectivity index (χ1n) is 7.33. The fraction of sp³-hybridized carbons (Fsp3) is 0.333. The SMILES string of the molecule is CNCc1ccc(-c2ccc3c(c2)CCCC3)c(F)c1. The number of nitrogens with one attached hydrogen (secondary N) is 1. The van der Waals surface area contributed by atoms with E-state index in [1.54, 1.807) is 6.07 Å².